The lowest BCUT2D eigenvalue weighted by atomic mass is 9.79. The van der Waals surface area contributed by atoms with Crippen LogP contribution in [0.3, 0.4) is 0 Å². The summed E-state index contributed by atoms with van der Waals surface area (Å²) < 4.78 is 0. The van der Waals surface area contributed by atoms with Crippen molar-refractivity contribution in [3.63, 3.8) is 0 Å². The zero-order valence-corrected chi connectivity index (χ0v) is 20.3. The van der Waals surface area contributed by atoms with Gasteiger partial charge in [-0.1, -0.05) is 71.6 Å². The lowest BCUT2D eigenvalue weighted by Crippen LogP contribution is -2.37. The normalized spacial score (nSPS) is 27.1. The highest BCUT2D eigenvalue weighted by molar-refractivity contribution is 5.35. The molecule has 162 valence electrons. The Balaban J connectivity index is 0.000000989. The molecule has 0 radical (unpaired) electrons. The van der Waals surface area contributed by atoms with E-state index < -0.39 is 0 Å². The van der Waals surface area contributed by atoms with Gasteiger partial charge in [0.05, 0.1) is 0 Å². The zero-order chi connectivity index (χ0) is 22.0. The van der Waals surface area contributed by atoms with Gasteiger partial charge in [0.1, 0.15) is 0 Å². The fourth-order valence-electron chi connectivity index (χ4n) is 4.67. The first-order chi connectivity index (χ1) is 13.9. The molecule has 1 nitrogen and oxygen atoms in total. The molecule has 3 unspecified atom stereocenters. The van der Waals surface area contributed by atoms with Crippen molar-refractivity contribution in [2.24, 2.45) is 11.3 Å². The molecular formula is C28H45N. The van der Waals surface area contributed by atoms with E-state index in [1.54, 1.807) is 0 Å². The van der Waals surface area contributed by atoms with E-state index in [9.17, 15) is 0 Å². The maximum Gasteiger partial charge on any atom is 0.0289 e. The van der Waals surface area contributed by atoms with Crippen molar-refractivity contribution in [3.05, 3.63) is 65.6 Å². The monoisotopic (exact) mass is 395 g/mol. The van der Waals surface area contributed by atoms with E-state index in [0.29, 0.717) is 6.04 Å². The molecular weight excluding hydrogens is 350 g/mol. The van der Waals surface area contributed by atoms with Gasteiger partial charge in [0.25, 0.3) is 0 Å². The standard InChI is InChI=1S/C24H33N.2C2H6/c1-18-8-6-10-22(13-12-18)17-24(5)14-15-25(21(24)4)20(3)23-11-7-9-19(2)16-23;2*1-2/h6,8,10,13,20,23H,2,4,7,9,11,14-17H2,1,3,5H3;2*1-2H3. The maximum absolute atomic E-state index is 4.55. The predicted molar refractivity (Wildman–Crippen MR) is 131 cm³/mol. The number of nitrogens with zero attached hydrogens (tertiary/aromatic N) is 1. The summed E-state index contributed by atoms with van der Waals surface area (Å²) in [5.41, 5.74) is 8.86. The van der Waals surface area contributed by atoms with Crippen LogP contribution in [0.25, 0.3) is 0 Å². The Morgan fingerprint density at radius 3 is 2.59 bits per heavy atom. The van der Waals surface area contributed by atoms with Gasteiger partial charge in [-0.2, -0.15) is 0 Å². The third kappa shape index (κ3) is 6.65. The van der Waals surface area contributed by atoms with Crippen LogP contribution in [0.15, 0.2) is 65.6 Å². The molecule has 0 N–H and O–H groups in total. The van der Waals surface area contributed by atoms with E-state index in [1.807, 2.05) is 27.7 Å². The minimum absolute atomic E-state index is 0.163. The molecule has 0 bridgehead atoms. The van der Waals surface area contributed by atoms with Crippen LogP contribution in [0.4, 0.5) is 0 Å². The van der Waals surface area contributed by atoms with E-state index >= 15 is 0 Å². The van der Waals surface area contributed by atoms with Crippen molar-refractivity contribution < 1.29 is 0 Å². The smallest absolute Gasteiger partial charge is 0.0289 e. The number of hydrogen-bond donors (Lipinski definition) is 0. The second kappa shape index (κ2) is 12.1. The molecule has 0 aromatic carbocycles. The number of rotatable bonds is 4. The Morgan fingerprint density at radius 1 is 1.24 bits per heavy atom. The molecule has 0 aromatic rings. The van der Waals surface area contributed by atoms with E-state index in [2.05, 4.69) is 68.9 Å². The summed E-state index contributed by atoms with van der Waals surface area (Å²) in [6.45, 7) is 24.8. The average Bonchev–Trinajstić information content (AvgIpc) is 2.88. The molecule has 0 amide bonds. The highest BCUT2D eigenvalue weighted by Gasteiger charge is 2.41. The van der Waals surface area contributed by atoms with Gasteiger partial charge >= 0.3 is 0 Å². The van der Waals surface area contributed by atoms with Crippen LogP contribution in [-0.4, -0.2) is 17.5 Å². The third-order valence-corrected chi connectivity index (χ3v) is 6.51. The van der Waals surface area contributed by atoms with Crippen LogP contribution in [-0.2, 0) is 0 Å². The number of likely N-dealkylation sites (tertiary alicyclic amines) is 1. The molecule has 1 saturated carbocycles. The highest BCUT2D eigenvalue weighted by Crippen LogP contribution is 2.46. The molecule has 3 aliphatic rings. The largest absolute Gasteiger partial charge is 0.372 e. The fourth-order valence-corrected chi connectivity index (χ4v) is 4.67. The van der Waals surface area contributed by atoms with E-state index in [0.717, 1.165) is 18.9 Å². The minimum atomic E-state index is 0.163. The summed E-state index contributed by atoms with van der Waals surface area (Å²) in [4.78, 5) is 2.60. The predicted octanol–water partition coefficient (Wildman–Crippen LogP) is 8.39. The molecule has 29 heavy (non-hydrogen) atoms. The van der Waals surface area contributed by atoms with Crippen LogP contribution in [0.1, 0.15) is 87.0 Å². The van der Waals surface area contributed by atoms with Gasteiger partial charge in [0.15, 0.2) is 0 Å². The molecule has 1 heterocycles. The summed E-state index contributed by atoms with van der Waals surface area (Å²) in [6, 6.07) is 0.576. The van der Waals surface area contributed by atoms with Gasteiger partial charge in [-0.15, -0.1) is 5.73 Å². The Kier molecular flexibility index (Phi) is 10.5. The van der Waals surface area contributed by atoms with Crippen LogP contribution in [0.5, 0.6) is 0 Å². The average molecular weight is 396 g/mol. The quantitative estimate of drug-likeness (QED) is 0.341. The van der Waals surface area contributed by atoms with Gasteiger partial charge in [0.2, 0.25) is 0 Å². The first-order valence-corrected chi connectivity index (χ1v) is 11.8. The Bertz CT molecular complexity index is 683. The van der Waals surface area contributed by atoms with Crippen molar-refractivity contribution in [2.45, 2.75) is 93.0 Å². The van der Waals surface area contributed by atoms with Crippen molar-refractivity contribution in [3.8, 4) is 0 Å². The highest BCUT2D eigenvalue weighted by atomic mass is 15.2. The summed E-state index contributed by atoms with van der Waals surface area (Å²) in [7, 11) is 0. The SMILES string of the molecule is C=C1CCCC(C(C)N2CCC(C)(CC3=CC=CC(C)=C=C3)C2=C)C1.CC.CC. The van der Waals surface area contributed by atoms with Crippen molar-refractivity contribution in [1.82, 2.24) is 4.90 Å². The second-order valence-electron chi connectivity index (χ2n) is 8.55. The lowest BCUT2D eigenvalue weighted by molar-refractivity contribution is 0.193. The maximum atomic E-state index is 4.55. The van der Waals surface area contributed by atoms with Gasteiger partial charge in [-0.05, 0) is 75.5 Å². The van der Waals surface area contributed by atoms with Crippen LogP contribution < -0.4 is 0 Å². The molecule has 2 fully saturated rings. The molecule has 0 aromatic heterocycles. The molecule has 0 spiro atoms. The van der Waals surface area contributed by atoms with Crippen molar-refractivity contribution in [2.75, 3.05) is 6.54 Å². The lowest BCUT2D eigenvalue weighted by Gasteiger charge is -2.38. The Hall–Kier alpha value is -1.72. The Labute approximate surface area is 181 Å². The number of hydrogen-bond acceptors (Lipinski definition) is 1. The zero-order valence-electron chi connectivity index (χ0n) is 20.3. The van der Waals surface area contributed by atoms with Crippen LogP contribution in [0.2, 0.25) is 0 Å². The van der Waals surface area contributed by atoms with Gasteiger partial charge in [0, 0.05) is 23.7 Å². The Morgan fingerprint density at radius 2 is 1.93 bits per heavy atom. The van der Waals surface area contributed by atoms with E-state index in [1.165, 1.54) is 54.5 Å². The third-order valence-electron chi connectivity index (χ3n) is 6.51. The summed E-state index contributed by atoms with van der Waals surface area (Å²) in [5, 5.41) is 0. The molecule has 1 saturated heterocycles. The van der Waals surface area contributed by atoms with E-state index in [-0.39, 0.29) is 5.41 Å². The first-order valence-electron chi connectivity index (χ1n) is 11.8. The molecule has 1 heteroatoms. The summed E-state index contributed by atoms with van der Waals surface area (Å²) in [6.07, 6.45) is 16.0. The van der Waals surface area contributed by atoms with E-state index in [4.69, 9.17) is 0 Å². The molecule has 2 aliphatic carbocycles. The second-order valence-corrected chi connectivity index (χ2v) is 8.55. The first kappa shape index (κ1) is 25.3. The number of allylic oxidation sites excluding steroid dienone is 7. The molecule has 3 rings (SSSR count). The summed E-state index contributed by atoms with van der Waals surface area (Å²) in [5.74, 6) is 0.742. The van der Waals surface area contributed by atoms with Crippen LogP contribution in [0, 0.1) is 11.3 Å². The van der Waals surface area contributed by atoms with Crippen molar-refractivity contribution >= 4 is 0 Å². The van der Waals surface area contributed by atoms with Gasteiger partial charge in [-0.3, -0.25) is 0 Å². The van der Waals surface area contributed by atoms with Crippen molar-refractivity contribution in [1.29, 1.82) is 0 Å². The minimum Gasteiger partial charge on any atom is -0.372 e. The summed E-state index contributed by atoms with van der Waals surface area (Å²) >= 11 is 0. The van der Waals surface area contributed by atoms with Gasteiger partial charge < -0.3 is 4.90 Å². The fraction of sp³-hybridized carbons (Fsp3) is 0.607. The molecule has 3 atom stereocenters. The van der Waals surface area contributed by atoms with Crippen LogP contribution >= 0.6 is 0 Å². The van der Waals surface area contributed by atoms with Gasteiger partial charge in [-0.25, -0.2) is 0 Å². The topological polar surface area (TPSA) is 3.24 Å². The molecule has 1 aliphatic heterocycles.